The monoisotopic (exact) mass is 435 g/mol. The second-order valence-corrected chi connectivity index (χ2v) is 7.58. The van der Waals surface area contributed by atoms with Gasteiger partial charge in [0.25, 0.3) is 5.91 Å². The van der Waals surface area contributed by atoms with Crippen LogP contribution in [0.4, 0.5) is 5.69 Å². The predicted octanol–water partition coefficient (Wildman–Crippen LogP) is 4.13. The van der Waals surface area contributed by atoms with Crippen molar-refractivity contribution in [1.82, 2.24) is 10.2 Å². The molecule has 1 aromatic heterocycles. The van der Waals surface area contributed by atoms with Crippen molar-refractivity contribution >= 4 is 46.6 Å². The lowest BCUT2D eigenvalue weighted by atomic mass is 10.2. The summed E-state index contributed by atoms with van der Waals surface area (Å²) in [4.78, 5) is 24.5. The maximum Gasteiger partial charge on any atom is 0.312 e. The van der Waals surface area contributed by atoms with Crippen LogP contribution in [0.5, 0.6) is 5.75 Å². The van der Waals surface area contributed by atoms with Crippen LogP contribution in [0.2, 0.25) is 5.02 Å². The zero-order valence-electron chi connectivity index (χ0n) is 15.7. The number of amides is 1. The minimum absolute atomic E-state index is 0.0229. The highest BCUT2D eigenvalue weighted by atomic mass is 35.5. The van der Waals surface area contributed by atoms with Gasteiger partial charge in [-0.2, -0.15) is 0 Å². The van der Waals surface area contributed by atoms with Crippen LogP contribution in [-0.4, -0.2) is 27.4 Å². The highest BCUT2D eigenvalue weighted by molar-refractivity contribution is 7.80. The van der Waals surface area contributed by atoms with Crippen molar-refractivity contribution in [2.75, 3.05) is 6.54 Å². The fraction of sp³-hybridized carbons (Fsp3) is 0.263. The molecule has 1 fully saturated rings. The first-order chi connectivity index (χ1) is 13.7. The van der Waals surface area contributed by atoms with E-state index in [1.54, 1.807) is 18.2 Å². The highest BCUT2D eigenvalue weighted by Gasteiger charge is 2.31. The summed E-state index contributed by atoms with van der Waals surface area (Å²) in [7, 11) is 0. The van der Waals surface area contributed by atoms with Crippen LogP contribution in [0, 0.1) is 16.0 Å². The zero-order valence-corrected chi connectivity index (χ0v) is 17.2. The van der Waals surface area contributed by atoms with Gasteiger partial charge in [-0.15, -0.1) is 0 Å². The second-order valence-electron chi connectivity index (χ2n) is 6.76. The Morgan fingerprint density at radius 3 is 2.83 bits per heavy atom. The number of hydrogen-bond donors (Lipinski definition) is 1. The molecule has 0 saturated carbocycles. The van der Waals surface area contributed by atoms with Crippen LogP contribution in [0.3, 0.4) is 0 Å². The quantitative estimate of drug-likeness (QED) is 0.302. The number of halogens is 1. The second kappa shape index (κ2) is 8.62. The lowest BCUT2D eigenvalue weighted by Crippen LogP contribution is -2.33. The summed E-state index contributed by atoms with van der Waals surface area (Å²) in [5, 5.41) is 14.6. The van der Waals surface area contributed by atoms with Crippen molar-refractivity contribution in [2.24, 2.45) is 5.92 Å². The third-order valence-electron chi connectivity index (χ3n) is 3.97. The Morgan fingerprint density at radius 2 is 2.14 bits per heavy atom. The SMILES string of the molecule is CC(C)CN1C(=O)/C(=C\c2ccc(COc3ccc(Cl)cc3[N+](=O)[O-])o2)NC1=S. The normalized spacial score (nSPS) is 15.3. The molecule has 0 spiro atoms. The van der Waals surface area contributed by atoms with Crippen molar-refractivity contribution in [2.45, 2.75) is 20.5 Å². The van der Waals surface area contributed by atoms with E-state index in [1.807, 2.05) is 13.8 Å². The van der Waals surface area contributed by atoms with E-state index in [0.29, 0.717) is 28.9 Å². The van der Waals surface area contributed by atoms with Crippen molar-refractivity contribution in [3.8, 4) is 5.75 Å². The molecule has 1 saturated heterocycles. The van der Waals surface area contributed by atoms with Gasteiger partial charge in [0, 0.05) is 23.7 Å². The third-order valence-corrected chi connectivity index (χ3v) is 4.52. The molecule has 10 heteroatoms. The van der Waals surface area contributed by atoms with E-state index in [1.165, 1.54) is 23.1 Å². The average molecular weight is 436 g/mol. The van der Waals surface area contributed by atoms with Gasteiger partial charge in [-0.3, -0.25) is 19.8 Å². The van der Waals surface area contributed by atoms with Crippen molar-refractivity contribution in [1.29, 1.82) is 0 Å². The number of nitro groups is 1. The third kappa shape index (κ3) is 4.93. The number of hydrogen-bond acceptors (Lipinski definition) is 6. The Morgan fingerprint density at radius 1 is 1.38 bits per heavy atom. The van der Waals surface area contributed by atoms with Crippen LogP contribution in [0.15, 0.2) is 40.4 Å². The molecule has 2 aromatic rings. The molecule has 29 heavy (non-hydrogen) atoms. The number of ether oxygens (including phenoxy) is 1. The van der Waals surface area contributed by atoms with Crippen LogP contribution < -0.4 is 10.1 Å². The molecule has 0 atom stereocenters. The average Bonchev–Trinajstić information content (AvgIpc) is 3.20. The zero-order chi connectivity index (χ0) is 21.1. The molecular weight excluding hydrogens is 418 g/mol. The van der Waals surface area contributed by atoms with Crippen LogP contribution in [-0.2, 0) is 11.4 Å². The highest BCUT2D eigenvalue weighted by Crippen LogP contribution is 2.30. The molecular formula is C19H18ClN3O5S. The molecule has 1 amide bonds. The maximum absolute atomic E-state index is 12.5. The van der Waals surface area contributed by atoms with E-state index in [4.69, 9.17) is 33.0 Å². The van der Waals surface area contributed by atoms with Crippen LogP contribution in [0.1, 0.15) is 25.4 Å². The van der Waals surface area contributed by atoms with Gasteiger partial charge in [-0.1, -0.05) is 25.4 Å². The number of thiocarbonyl (C=S) groups is 1. The van der Waals surface area contributed by atoms with Gasteiger partial charge >= 0.3 is 5.69 Å². The number of nitro benzene ring substituents is 1. The van der Waals surface area contributed by atoms with Crippen molar-refractivity contribution in [3.63, 3.8) is 0 Å². The van der Waals surface area contributed by atoms with E-state index < -0.39 is 4.92 Å². The number of carbonyl (C=O) groups excluding carboxylic acids is 1. The summed E-state index contributed by atoms with van der Waals surface area (Å²) in [6, 6.07) is 7.49. The summed E-state index contributed by atoms with van der Waals surface area (Å²) in [6.45, 7) is 4.51. The number of benzene rings is 1. The lowest BCUT2D eigenvalue weighted by Gasteiger charge is -2.15. The van der Waals surface area contributed by atoms with Crippen LogP contribution >= 0.6 is 23.8 Å². The Balaban J connectivity index is 1.69. The number of furan rings is 1. The van der Waals surface area contributed by atoms with Gasteiger partial charge in [0.2, 0.25) is 0 Å². The molecule has 2 heterocycles. The maximum atomic E-state index is 12.5. The smallest absolute Gasteiger partial charge is 0.312 e. The number of nitrogens with zero attached hydrogens (tertiary/aromatic N) is 2. The minimum atomic E-state index is -0.567. The van der Waals surface area contributed by atoms with Gasteiger partial charge in [-0.25, -0.2) is 0 Å². The molecule has 152 valence electrons. The molecule has 1 aliphatic heterocycles. The first-order valence-corrected chi connectivity index (χ1v) is 9.53. The minimum Gasteiger partial charge on any atom is -0.479 e. The van der Waals surface area contributed by atoms with Gasteiger partial charge < -0.3 is 14.5 Å². The number of carbonyl (C=O) groups is 1. The van der Waals surface area contributed by atoms with Crippen molar-refractivity contribution in [3.05, 3.63) is 62.7 Å². The van der Waals surface area contributed by atoms with Gasteiger partial charge in [-0.05, 0) is 42.4 Å². The van der Waals surface area contributed by atoms with Gasteiger partial charge in [0.05, 0.1) is 4.92 Å². The van der Waals surface area contributed by atoms with E-state index >= 15 is 0 Å². The van der Waals surface area contributed by atoms with E-state index in [0.717, 1.165) is 0 Å². The largest absolute Gasteiger partial charge is 0.479 e. The molecule has 1 aliphatic rings. The fourth-order valence-electron chi connectivity index (χ4n) is 2.70. The molecule has 8 nitrogen and oxygen atoms in total. The first kappa shape index (κ1) is 20.8. The van der Waals surface area contributed by atoms with Gasteiger partial charge in [0.15, 0.2) is 10.9 Å². The standard InChI is InChI=1S/C19H18ClN3O5S/c1-11(2)9-22-18(24)15(21-19(22)29)8-13-4-5-14(28-13)10-27-17-6-3-12(20)7-16(17)23(25)26/h3-8,11H,9-10H2,1-2H3,(H,21,29)/b15-8+. The first-order valence-electron chi connectivity index (χ1n) is 8.74. The summed E-state index contributed by atoms with van der Waals surface area (Å²) >= 11 is 11.0. The fourth-order valence-corrected chi connectivity index (χ4v) is 3.13. The Bertz CT molecular complexity index is 1000. The summed E-state index contributed by atoms with van der Waals surface area (Å²) in [5.41, 5.74) is 0.0942. The topological polar surface area (TPSA) is 97.9 Å². The molecule has 0 bridgehead atoms. The number of nitrogens with one attached hydrogen (secondary N) is 1. The van der Waals surface area contributed by atoms with Gasteiger partial charge in [0.1, 0.15) is 23.8 Å². The molecule has 3 rings (SSSR count). The Labute approximate surface area is 177 Å². The molecule has 1 N–H and O–H groups in total. The molecule has 0 unspecified atom stereocenters. The Hall–Kier alpha value is -2.91. The molecule has 1 aromatic carbocycles. The predicted molar refractivity (Wildman–Crippen MR) is 111 cm³/mol. The summed E-state index contributed by atoms with van der Waals surface area (Å²) in [5.74, 6) is 1.02. The lowest BCUT2D eigenvalue weighted by molar-refractivity contribution is -0.385. The van der Waals surface area contributed by atoms with E-state index in [9.17, 15) is 14.9 Å². The molecule has 0 aliphatic carbocycles. The molecule has 0 radical (unpaired) electrons. The van der Waals surface area contributed by atoms with E-state index in [-0.39, 0.29) is 34.9 Å². The summed E-state index contributed by atoms with van der Waals surface area (Å²) < 4.78 is 11.1. The van der Waals surface area contributed by atoms with Crippen molar-refractivity contribution < 1.29 is 18.9 Å². The number of rotatable bonds is 7. The van der Waals surface area contributed by atoms with E-state index in [2.05, 4.69) is 5.32 Å². The van der Waals surface area contributed by atoms with Crippen LogP contribution in [0.25, 0.3) is 6.08 Å². The summed E-state index contributed by atoms with van der Waals surface area (Å²) in [6.07, 6.45) is 1.56. The Kier molecular flexibility index (Phi) is 6.19.